The van der Waals surface area contributed by atoms with Crippen molar-refractivity contribution in [2.75, 3.05) is 5.73 Å². The number of rotatable bonds is 2. The van der Waals surface area contributed by atoms with E-state index in [1.165, 1.54) is 10.7 Å². The monoisotopic (exact) mass is 204 g/mol. The van der Waals surface area contributed by atoms with Gasteiger partial charge in [-0.25, -0.2) is 4.68 Å². The van der Waals surface area contributed by atoms with Crippen molar-refractivity contribution in [1.82, 2.24) is 9.78 Å². The zero-order chi connectivity index (χ0) is 10.8. The minimum atomic E-state index is -0.508. The first kappa shape index (κ1) is 9.20. The highest BCUT2D eigenvalue weighted by Crippen LogP contribution is 2.28. The van der Waals surface area contributed by atoms with E-state index in [4.69, 9.17) is 5.73 Å². The highest BCUT2D eigenvalue weighted by molar-refractivity contribution is 5.68. The Bertz CT molecular complexity index is 493. The van der Waals surface area contributed by atoms with Crippen LogP contribution in [0.25, 0.3) is 5.69 Å². The van der Waals surface area contributed by atoms with Gasteiger partial charge < -0.3 is 5.73 Å². The molecule has 0 fully saturated rings. The number of nitrogen functional groups attached to an aromatic ring is 1. The van der Waals surface area contributed by atoms with E-state index in [0.29, 0.717) is 5.69 Å². The van der Waals surface area contributed by atoms with Crippen molar-refractivity contribution in [3.63, 3.8) is 0 Å². The van der Waals surface area contributed by atoms with Crippen molar-refractivity contribution in [2.45, 2.75) is 0 Å². The number of anilines is 1. The average molecular weight is 204 g/mol. The Morgan fingerprint density at radius 2 is 2.20 bits per heavy atom. The Morgan fingerprint density at radius 3 is 2.80 bits per heavy atom. The van der Waals surface area contributed by atoms with Gasteiger partial charge in [0, 0.05) is 12.4 Å². The summed E-state index contributed by atoms with van der Waals surface area (Å²) in [4.78, 5) is 10.3. The highest BCUT2D eigenvalue weighted by Gasteiger charge is 2.18. The summed E-state index contributed by atoms with van der Waals surface area (Å²) in [7, 11) is 0. The highest BCUT2D eigenvalue weighted by atomic mass is 16.6. The van der Waals surface area contributed by atoms with E-state index in [1.807, 2.05) is 0 Å². The first-order chi connectivity index (χ1) is 7.20. The first-order valence-electron chi connectivity index (χ1n) is 4.23. The zero-order valence-electron chi connectivity index (χ0n) is 7.70. The fourth-order valence-electron chi connectivity index (χ4n) is 1.34. The number of aromatic nitrogens is 2. The molecule has 6 heteroatoms. The lowest BCUT2D eigenvalue weighted by molar-refractivity contribution is -0.383. The lowest BCUT2D eigenvalue weighted by Gasteiger charge is -2.04. The van der Waals surface area contributed by atoms with Crippen molar-refractivity contribution in [2.24, 2.45) is 0 Å². The fourth-order valence-corrected chi connectivity index (χ4v) is 1.34. The molecule has 0 unspecified atom stereocenters. The second-order valence-electron chi connectivity index (χ2n) is 2.92. The zero-order valence-corrected chi connectivity index (χ0v) is 7.70. The van der Waals surface area contributed by atoms with Gasteiger partial charge in [0.05, 0.1) is 4.92 Å². The minimum Gasteiger partial charge on any atom is -0.393 e. The molecule has 2 aromatic rings. The molecule has 15 heavy (non-hydrogen) atoms. The standard InChI is InChI=1S/C9H8N4O2/c10-7-3-1-4-8(9(7)13(14)15)12-6-2-5-11-12/h1-6H,10H2. The first-order valence-corrected chi connectivity index (χ1v) is 4.23. The Balaban J connectivity index is 2.66. The summed E-state index contributed by atoms with van der Waals surface area (Å²) in [6.45, 7) is 0. The molecule has 2 rings (SSSR count). The molecule has 0 aliphatic heterocycles. The van der Waals surface area contributed by atoms with Crippen LogP contribution in [-0.4, -0.2) is 14.7 Å². The third-order valence-electron chi connectivity index (χ3n) is 1.98. The molecule has 1 heterocycles. The minimum absolute atomic E-state index is 0.124. The predicted octanol–water partition coefficient (Wildman–Crippen LogP) is 1.36. The van der Waals surface area contributed by atoms with E-state index in [1.54, 1.807) is 30.6 Å². The van der Waals surface area contributed by atoms with Gasteiger partial charge in [-0.1, -0.05) is 6.07 Å². The largest absolute Gasteiger partial charge is 0.393 e. The number of nitro benzene ring substituents is 1. The molecule has 0 atom stereocenters. The van der Waals surface area contributed by atoms with E-state index < -0.39 is 4.92 Å². The average Bonchev–Trinajstić information content (AvgIpc) is 2.69. The number of hydrogen-bond donors (Lipinski definition) is 1. The van der Waals surface area contributed by atoms with Crippen molar-refractivity contribution in [3.8, 4) is 5.69 Å². The summed E-state index contributed by atoms with van der Waals surface area (Å²) in [5.74, 6) is 0. The second-order valence-corrected chi connectivity index (χ2v) is 2.92. The van der Waals surface area contributed by atoms with Crippen molar-refractivity contribution >= 4 is 11.4 Å². The predicted molar refractivity (Wildman–Crippen MR) is 54.6 cm³/mol. The maximum atomic E-state index is 10.8. The number of nitro groups is 1. The van der Waals surface area contributed by atoms with Crippen LogP contribution < -0.4 is 5.73 Å². The third-order valence-corrected chi connectivity index (χ3v) is 1.98. The van der Waals surface area contributed by atoms with Crippen LogP contribution in [0, 0.1) is 10.1 Å². The van der Waals surface area contributed by atoms with Crippen LogP contribution in [0.5, 0.6) is 0 Å². The lowest BCUT2D eigenvalue weighted by Crippen LogP contribution is -2.03. The summed E-state index contributed by atoms with van der Waals surface area (Å²) in [6, 6.07) is 6.43. The van der Waals surface area contributed by atoms with Crippen LogP contribution in [-0.2, 0) is 0 Å². The van der Waals surface area contributed by atoms with E-state index in [9.17, 15) is 10.1 Å². The fraction of sp³-hybridized carbons (Fsp3) is 0. The maximum Gasteiger partial charge on any atom is 0.317 e. The maximum absolute atomic E-state index is 10.8. The Hall–Kier alpha value is -2.37. The molecule has 2 N–H and O–H groups in total. The molecule has 0 spiro atoms. The molecule has 6 nitrogen and oxygen atoms in total. The molecular weight excluding hydrogens is 196 g/mol. The molecule has 0 saturated carbocycles. The van der Waals surface area contributed by atoms with E-state index >= 15 is 0 Å². The lowest BCUT2D eigenvalue weighted by atomic mass is 10.2. The van der Waals surface area contributed by atoms with Crippen LogP contribution in [0.2, 0.25) is 0 Å². The van der Waals surface area contributed by atoms with E-state index in [2.05, 4.69) is 5.10 Å². The number of para-hydroxylation sites is 1. The van der Waals surface area contributed by atoms with Gasteiger partial charge in [-0.05, 0) is 18.2 Å². The third kappa shape index (κ3) is 1.52. The van der Waals surface area contributed by atoms with Gasteiger partial charge in [-0.2, -0.15) is 5.10 Å². The van der Waals surface area contributed by atoms with Gasteiger partial charge in [-0.15, -0.1) is 0 Å². The molecule has 0 amide bonds. The Morgan fingerprint density at radius 1 is 1.40 bits per heavy atom. The van der Waals surface area contributed by atoms with Gasteiger partial charge in [-0.3, -0.25) is 10.1 Å². The molecule has 1 aromatic heterocycles. The van der Waals surface area contributed by atoms with Crippen molar-refractivity contribution in [3.05, 3.63) is 46.8 Å². The number of nitrogens with two attached hydrogens (primary N) is 1. The normalized spacial score (nSPS) is 10.1. The second kappa shape index (κ2) is 3.41. The van der Waals surface area contributed by atoms with Gasteiger partial charge in [0.25, 0.3) is 0 Å². The summed E-state index contributed by atoms with van der Waals surface area (Å²) >= 11 is 0. The van der Waals surface area contributed by atoms with Crippen LogP contribution in [0.4, 0.5) is 11.4 Å². The Labute approximate surface area is 85.1 Å². The van der Waals surface area contributed by atoms with E-state index in [-0.39, 0.29) is 11.4 Å². The SMILES string of the molecule is Nc1cccc(-n2cccn2)c1[N+](=O)[O-]. The molecule has 1 aromatic carbocycles. The quantitative estimate of drug-likeness (QED) is 0.454. The molecular formula is C9H8N4O2. The molecule has 0 radical (unpaired) electrons. The number of nitrogens with zero attached hydrogens (tertiary/aromatic N) is 3. The summed E-state index contributed by atoms with van der Waals surface area (Å²) in [5.41, 5.74) is 5.92. The van der Waals surface area contributed by atoms with Crippen LogP contribution in [0.15, 0.2) is 36.7 Å². The Kier molecular flexibility index (Phi) is 2.09. The van der Waals surface area contributed by atoms with Gasteiger partial charge in [0.1, 0.15) is 11.4 Å². The number of benzene rings is 1. The molecule has 0 saturated heterocycles. The topological polar surface area (TPSA) is 87.0 Å². The van der Waals surface area contributed by atoms with Crippen molar-refractivity contribution < 1.29 is 4.92 Å². The molecule has 76 valence electrons. The molecule has 0 bridgehead atoms. The summed E-state index contributed by atoms with van der Waals surface area (Å²) in [5, 5.41) is 14.7. The van der Waals surface area contributed by atoms with Gasteiger partial charge in [0.15, 0.2) is 0 Å². The smallest absolute Gasteiger partial charge is 0.317 e. The van der Waals surface area contributed by atoms with Crippen molar-refractivity contribution in [1.29, 1.82) is 0 Å². The van der Waals surface area contributed by atoms with Gasteiger partial charge in [0.2, 0.25) is 0 Å². The molecule has 0 aliphatic carbocycles. The van der Waals surface area contributed by atoms with Crippen LogP contribution in [0.3, 0.4) is 0 Å². The van der Waals surface area contributed by atoms with E-state index in [0.717, 1.165) is 0 Å². The van der Waals surface area contributed by atoms with Crippen LogP contribution in [0.1, 0.15) is 0 Å². The van der Waals surface area contributed by atoms with Crippen LogP contribution >= 0.6 is 0 Å². The molecule has 0 aliphatic rings. The summed E-state index contributed by atoms with van der Waals surface area (Å²) in [6.07, 6.45) is 3.18. The summed E-state index contributed by atoms with van der Waals surface area (Å²) < 4.78 is 1.41. The number of hydrogen-bond acceptors (Lipinski definition) is 4. The van der Waals surface area contributed by atoms with Gasteiger partial charge >= 0.3 is 5.69 Å².